The number of ether oxygens (including phenoxy) is 2. The zero-order valence-electron chi connectivity index (χ0n) is 18.1. The van der Waals surface area contributed by atoms with Gasteiger partial charge in [0, 0.05) is 18.3 Å². The predicted octanol–water partition coefficient (Wildman–Crippen LogP) is 0.456. The SMILES string of the molecule is O=C1OC2(CC(NCCc3ccccc3)CCN2c2ccc(CO)cc2)OC(=O)C(O)C1O. The largest absolute Gasteiger partial charge is 0.401 e. The molecule has 0 aromatic heterocycles. The lowest BCUT2D eigenvalue weighted by molar-refractivity contribution is -0.233. The van der Waals surface area contributed by atoms with Crippen molar-refractivity contribution in [3.8, 4) is 0 Å². The molecule has 0 radical (unpaired) electrons. The molecular formula is C24H28N2O7. The van der Waals surface area contributed by atoms with Crippen molar-refractivity contribution in [3.05, 3.63) is 65.7 Å². The lowest BCUT2D eigenvalue weighted by Gasteiger charge is -2.47. The average molecular weight is 456 g/mol. The van der Waals surface area contributed by atoms with Crippen LogP contribution in [0.2, 0.25) is 0 Å². The van der Waals surface area contributed by atoms with Gasteiger partial charge in [0.15, 0.2) is 12.2 Å². The summed E-state index contributed by atoms with van der Waals surface area (Å²) in [6.07, 6.45) is -2.46. The summed E-state index contributed by atoms with van der Waals surface area (Å²) < 4.78 is 11.1. The second-order valence-electron chi connectivity index (χ2n) is 8.30. The second kappa shape index (κ2) is 9.88. The van der Waals surface area contributed by atoms with Crippen LogP contribution >= 0.6 is 0 Å². The van der Waals surface area contributed by atoms with Crippen molar-refractivity contribution in [2.24, 2.45) is 0 Å². The first-order chi connectivity index (χ1) is 15.9. The molecule has 0 amide bonds. The first-order valence-corrected chi connectivity index (χ1v) is 11.0. The standard InChI is InChI=1S/C24H28N2O7/c27-15-17-6-8-19(9-7-17)26-13-11-18(25-12-10-16-4-2-1-3-5-16)14-24(26)32-22(30)20(28)21(29)23(31)33-24/h1-9,18,20-21,25,27-29H,10-15H2. The van der Waals surface area contributed by atoms with Gasteiger partial charge in [0.05, 0.1) is 13.0 Å². The highest BCUT2D eigenvalue weighted by atomic mass is 16.8. The number of nitrogens with one attached hydrogen (secondary N) is 1. The van der Waals surface area contributed by atoms with Crippen molar-refractivity contribution in [1.82, 2.24) is 5.32 Å². The van der Waals surface area contributed by atoms with E-state index in [1.165, 1.54) is 5.56 Å². The number of hydrogen-bond acceptors (Lipinski definition) is 9. The zero-order chi connectivity index (χ0) is 23.4. The molecule has 2 aliphatic rings. The minimum Gasteiger partial charge on any atom is -0.401 e. The quantitative estimate of drug-likeness (QED) is 0.458. The van der Waals surface area contributed by atoms with E-state index in [1.54, 1.807) is 29.2 Å². The van der Waals surface area contributed by atoms with Crippen molar-refractivity contribution in [2.75, 3.05) is 18.0 Å². The highest BCUT2D eigenvalue weighted by Gasteiger charge is 2.55. The summed E-state index contributed by atoms with van der Waals surface area (Å²) in [5.74, 6) is -4.08. The predicted molar refractivity (Wildman–Crippen MR) is 118 cm³/mol. The van der Waals surface area contributed by atoms with Crippen LogP contribution in [0.5, 0.6) is 0 Å². The first-order valence-electron chi connectivity index (χ1n) is 11.0. The van der Waals surface area contributed by atoms with E-state index in [0.29, 0.717) is 30.8 Å². The molecule has 3 unspecified atom stereocenters. The number of nitrogens with zero attached hydrogens (tertiary/aromatic N) is 1. The maximum atomic E-state index is 12.5. The monoisotopic (exact) mass is 456 g/mol. The second-order valence-corrected chi connectivity index (χ2v) is 8.30. The summed E-state index contributed by atoms with van der Waals surface area (Å²) in [4.78, 5) is 26.6. The van der Waals surface area contributed by atoms with E-state index in [1.807, 2.05) is 30.3 Å². The molecule has 0 saturated carbocycles. The van der Waals surface area contributed by atoms with Gasteiger partial charge in [-0.05, 0) is 42.6 Å². The molecule has 3 atom stereocenters. The van der Waals surface area contributed by atoms with Crippen LogP contribution in [0.15, 0.2) is 54.6 Å². The molecule has 176 valence electrons. The molecule has 2 fully saturated rings. The molecule has 9 nitrogen and oxygen atoms in total. The van der Waals surface area contributed by atoms with Gasteiger partial charge in [-0.3, -0.25) is 0 Å². The van der Waals surface area contributed by atoms with Gasteiger partial charge in [0.25, 0.3) is 0 Å². The van der Waals surface area contributed by atoms with Crippen LogP contribution in [-0.2, 0) is 32.1 Å². The topological polar surface area (TPSA) is 129 Å². The minimum atomic E-state index is -2.03. The smallest absolute Gasteiger partial charge is 0.344 e. The van der Waals surface area contributed by atoms with E-state index in [0.717, 1.165) is 6.42 Å². The van der Waals surface area contributed by atoms with Crippen LogP contribution in [0, 0.1) is 0 Å². The summed E-state index contributed by atoms with van der Waals surface area (Å²) >= 11 is 0. The molecule has 2 aliphatic heterocycles. The van der Waals surface area contributed by atoms with Crippen LogP contribution < -0.4 is 10.2 Å². The molecule has 2 aromatic carbocycles. The fraction of sp³-hybridized carbons (Fsp3) is 0.417. The van der Waals surface area contributed by atoms with Crippen molar-refractivity contribution < 1.29 is 34.4 Å². The Bertz CT molecular complexity index is 945. The van der Waals surface area contributed by atoms with E-state index in [2.05, 4.69) is 5.32 Å². The van der Waals surface area contributed by atoms with Gasteiger partial charge in [-0.25, -0.2) is 9.59 Å². The molecule has 2 saturated heterocycles. The molecular weight excluding hydrogens is 428 g/mol. The molecule has 2 heterocycles. The molecule has 4 N–H and O–H groups in total. The minimum absolute atomic E-state index is 0.112. The van der Waals surface area contributed by atoms with Crippen LogP contribution in [0.1, 0.15) is 24.0 Å². The van der Waals surface area contributed by atoms with E-state index < -0.39 is 30.1 Å². The van der Waals surface area contributed by atoms with Gasteiger partial charge in [0.2, 0.25) is 0 Å². The molecule has 0 bridgehead atoms. The van der Waals surface area contributed by atoms with Crippen LogP contribution in [0.25, 0.3) is 0 Å². The third-order valence-electron chi connectivity index (χ3n) is 6.04. The lowest BCUT2D eigenvalue weighted by atomic mass is 9.99. The highest BCUT2D eigenvalue weighted by Crippen LogP contribution is 2.37. The number of esters is 2. The first kappa shape index (κ1) is 23.2. The van der Waals surface area contributed by atoms with Crippen LogP contribution in [-0.4, -0.2) is 64.5 Å². The third-order valence-corrected chi connectivity index (χ3v) is 6.04. The van der Waals surface area contributed by atoms with Crippen LogP contribution in [0.4, 0.5) is 5.69 Å². The van der Waals surface area contributed by atoms with Gasteiger partial charge >= 0.3 is 17.8 Å². The molecule has 4 rings (SSSR count). The van der Waals surface area contributed by atoms with Crippen molar-refractivity contribution >= 4 is 17.6 Å². The number of benzene rings is 2. The third kappa shape index (κ3) is 5.01. The Labute approximate surface area is 191 Å². The summed E-state index contributed by atoms with van der Waals surface area (Å²) in [6.45, 7) is 0.929. The van der Waals surface area contributed by atoms with E-state index >= 15 is 0 Å². The number of hydrogen-bond donors (Lipinski definition) is 4. The molecule has 2 aromatic rings. The Morgan fingerprint density at radius 1 is 0.939 bits per heavy atom. The van der Waals surface area contributed by atoms with Gasteiger partial charge in [-0.2, -0.15) is 0 Å². The average Bonchev–Trinajstić information content (AvgIpc) is 2.90. The normalized spacial score (nSPS) is 27.7. The van der Waals surface area contributed by atoms with Gasteiger partial charge in [0.1, 0.15) is 0 Å². The Morgan fingerprint density at radius 2 is 1.58 bits per heavy atom. The van der Waals surface area contributed by atoms with E-state index in [4.69, 9.17) is 9.47 Å². The summed E-state index contributed by atoms with van der Waals surface area (Å²) in [5.41, 5.74) is 2.49. The van der Waals surface area contributed by atoms with Crippen molar-refractivity contribution in [3.63, 3.8) is 0 Å². The van der Waals surface area contributed by atoms with Gasteiger partial charge < -0.3 is 35.0 Å². The van der Waals surface area contributed by atoms with Crippen LogP contribution in [0.3, 0.4) is 0 Å². The number of anilines is 1. The van der Waals surface area contributed by atoms with E-state index in [9.17, 15) is 24.9 Å². The van der Waals surface area contributed by atoms with Gasteiger partial charge in [-0.15, -0.1) is 0 Å². The molecule has 0 aliphatic carbocycles. The summed E-state index contributed by atoms with van der Waals surface area (Å²) in [7, 11) is 0. The Hall–Kier alpha value is -2.98. The summed E-state index contributed by atoms with van der Waals surface area (Å²) in [5, 5.41) is 32.7. The number of piperidine rings is 1. The fourth-order valence-corrected chi connectivity index (χ4v) is 4.23. The molecule has 9 heteroatoms. The highest BCUT2D eigenvalue weighted by molar-refractivity contribution is 5.87. The van der Waals surface area contributed by atoms with Crippen molar-refractivity contribution in [2.45, 2.75) is 50.0 Å². The van der Waals surface area contributed by atoms with E-state index in [-0.39, 0.29) is 19.1 Å². The number of aliphatic hydroxyl groups excluding tert-OH is 3. The maximum absolute atomic E-state index is 12.5. The Balaban J connectivity index is 1.57. The Morgan fingerprint density at radius 3 is 2.18 bits per heavy atom. The fourth-order valence-electron chi connectivity index (χ4n) is 4.23. The summed E-state index contributed by atoms with van der Waals surface area (Å²) in [6, 6.07) is 16.8. The zero-order valence-corrected chi connectivity index (χ0v) is 18.1. The Kier molecular flexibility index (Phi) is 6.94. The molecule has 33 heavy (non-hydrogen) atoms. The lowest BCUT2D eigenvalue weighted by Crippen LogP contribution is -2.62. The maximum Gasteiger partial charge on any atom is 0.344 e. The van der Waals surface area contributed by atoms with Gasteiger partial charge in [-0.1, -0.05) is 42.5 Å². The number of aliphatic hydroxyl groups is 3. The van der Waals surface area contributed by atoms with Crippen molar-refractivity contribution in [1.29, 1.82) is 0 Å². The molecule has 1 spiro atoms. The number of carbonyl (C=O) groups is 2. The number of rotatable bonds is 6. The number of carbonyl (C=O) groups excluding carboxylic acids is 2.